The van der Waals surface area contributed by atoms with Crippen molar-refractivity contribution in [2.45, 2.75) is 6.04 Å². The zero-order chi connectivity index (χ0) is 13.2. The quantitative estimate of drug-likeness (QED) is 0.779. The number of nitrogens with zero attached hydrogens (tertiary/aromatic N) is 2. The molecule has 4 nitrogen and oxygen atoms in total. The first kappa shape index (κ1) is 11.5. The Balaban J connectivity index is 2.12. The lowest BCUT2D eigenvalue weighted by atomic mass is 10.1. The molecule has 0 amide bonds. The number of carboxylic acids is 1. The fraction of sp³-hybridized carbons (Fsp3) is 0.0667. The molecule has 0 spiro atoms. The van der Waals surface area contributed by atoms with E-state index in [4.69, 9.17) is 0 Å². The van der Waals surface area contributed by atoms with Crippen molar-refractivity contribution in [3.8, 4) is 0 Å². The molecule has 1 aromatic heterocycles. The first-order valence-electron chi connectivity index (χ1n) is 5.97. The van der Waals surface area contributed by atoms with Gasteiger partial charge in [-0.3, -0.25) is 4.68 Å². The fourth-order valence-corrected chi connectivity index (χ4v) is 2.16. The molecule has 0 radical (unpaired) electrons. The van der Waals surface area contributed by atoms with Gasteiger partial charge in [-0.15, -0.1) is 0 Å². The van der Waals surface area contributed by atoms with Crippen LogP contribution in [0.1, 0.15) is 11.6 Å². The molecule has 0 aliphatic carbocycles. The van der Waals surface area contributed by atoms with Gasteiger partial charge < -0.3 is 5.11 Å². The van der Waals surface area contributed by atoms with Gasteiger partial charge in [0.2, 0.25) is 0 Å². The summed E-state index contributed by atoms with van der Waals surface area (Å²) in [5.74, 6) is -0.918. The van der Waals surface area contributed by atoms with Crippen LogP contribution in [0.15, 0.2) is 60.8 Å². The number of aromatic nitrogens is 2. The minimum atomic E-state index is -0.918. The van der Waals surface area contributed by atoms with Crippen LogP contribution < -0.4 is 0 Å². The molecule has 19 heavy (non-hydrogen) atoms. The molecule has 1 atom stereocenters. The first-order chi connectivity index (χ1) is 9.25. The highest BCUT2D eigenvalue weighted by Crippen LogP contribution is 2.21. The Morgan fingerprint density at radius 2 is 1.74 bits per heavy atom. The predicted molar refractivity (Wildman–Crippen MR) is 71.9 cm³/mol. The maximum Gasteiger partial charge on any atom is 0.333 e. The zero-order valence-corrected chi connectivity index (χ0v) is 10.1. The monoisotopic (exact) mass is 252 g/mol. The van der Waals surface area contributed by atoms with Gasteiger partial charge in [-0.25, -0.2) is 4.79 Å². The van der Waals surface area contributed by atoms with Gasteiger partial charge in [-0.05, 0) is 11.6 Å². The van der Waals surface area contributed by atoms with Crippen molar-refractivity contribution in [2.75, 3.05) is 0 Å². The van der Waals surface area contributed by atoms with Gasteiger partial charge in [-0.1, -0.05) is 48.5 Å². The van der Waals surface area contributed by atoms with E-state index in [1.807, 2.05) is 42.5 Å². The minimum absolute atomic E-state index is 0.711. The third-order valence-corrected chi connectivity index (χ3v) is 3.05. The molecule has 0 saturated carbocycles. The van der Waals surface area contributed by atoms with Crippen molar-refractivity contribution in [2.24, 2.45) is 0 Å². The third kappa shape index (κ3) is 2.08. The lowest BCUT2D eigenvalue weighted by molar-refractivity contribution is -0.139. The summed E-state index contributed by atoms with van der Waals surface area (Å²) in [4.78, 5) is 11.5. The van der Waals surface area contributed by atoms with Gasteiger partial charge >= 0.3 is 5.97 Å². The lowest BCUT2D eigenvalue weighted by Gasteiger charge is -2.12. The SMILES string of the molecule is O=C(O)C(c1ccccc1)n1cc2ccccc2n1. The summed E-state index contributed by atoms with van der Waals surface area (Å²) in [7, 11) is 0. The zero-order valence-electron chi connectivity index (χ0n) is 10.1. The van der Waals surface area contributed by atoms with Crippen LogP contribution in [0.25, 0.3) is 10.9 Å². The number of hydrogen-bond acceptors (Lipinski definition) is 2. The molecule has 0 bridgehead atoms. The standard InChI is InChI=1S/C15H12N2O2/c18-15(19)14(11-6-2-1-3-7-11)17-10-12-8-4-5-9-13(12)16-17/h1-10,14H,(H,18,19). The Labute approximate surface area is 109 Å². The summed E-state index contributed by atoms with van der Waals surface area (Å²) in [6.07, 6.45) is 1.76. The number of carboxylic acid groups (broad SMARTS) is 1. The molecule has 1 unspecified atom stereocenters. The van der Waals surface area contributed by atoms with Gasteiger partial charge in [-0.2, -0.15) is 5.10 Å². The molecular weight excluding hydrogens is 240 g/mol. The highest BCUT2D eigenvalue weighted by Gasteiger charge is 2.22. The average molecular weight is 252 g/mol. The van der Waals surface area contributed by atoms with Crippen molar-refractivity contribution >= 4 is 16.9 Å². The van der Waals surface area contributed by atoms with Crippen molar-refractivity contribution in [1.82, 2.24) is 9.78 Å². The van der Waals surface area contributed by atoms with E-state index in [1.165, 1.54) is 4.68 Å². The van der Waals surface area contributed by atoms with E-state index in [0.29, 0.717) is 5.56 Å². The number of benzene rings is 2. The number of rotatable bonds is 3. The van der Waals surface area contributed by atoms with Crippen LogP contribution in [0.4, 0.5) is 0 Å². The minimum Gasteiger partial charge on any atom is -0.479 e. The number of aliphatic carboxylic acids is 1. The van der Waals surface area contributed by atoms with Gasteiger partial charge in [0.05, 0.1) is 5.52 Å². The van der Waals surface area contributed by atoms with Gasteiger partial charge in [0.15, 0.2) is 6.04 Å². The lowest BCUT2D eigenvalue weighted by Crippen LogP contribution is -2.20. The average Bonchev–Trinajstić information content (AvgIpc) is 2.82. The number of hydrogen-bond donors (Lipinski definition) is 1. The maximum atomic E-state index is 11.5. The van der Waals surface area contributed by atoms with Crippen LogP contribution in [-0.2, 0) is 4.79 Å². The molecule has 2 aromatic carbocycles. The largest absolute Gasteiger partial charge is 0.479 e. The molecule has 0 saturated heterocycles. The molecule has 94 valence electrons. The Bertz CT molecular complexity index is 686. The van der Waals surface area contributed by atoms with E-state index in [-0.39, 0.29) is 0 Å². The Morgan fingerprint density at radius 1 is 1.05 bits per heavy atom. The normalized spacial score (nSPS) is 12.4. The second-order valence-electron chi connectivity index (χ2n) is 4.32. The first-order valence-corrected chi connectivity index (χ1v) is 5.97. The molecule has 3 aromatic rings. The molecule has 0 aliphatic heterocycles. The molecule has 1 N–H and O–H groups in total. The van der Waals surface area contributed by atoms with Crippen molar-refractivity contribution in [3.05, 3.63) is 66.4 Å². The summed E-state index contributed by atoms with van der Waals surface area (Å²) in [6.45, 7) is 0. The number of fused-ring (bicyclic) bond motifs is 1. The van der Waals surface area contributed by atoms with E-state index in [9.17, 15) is 9.90 Å². The summed E-state index contributed by atoms with van der Waals surface area (Å²) in [5.41, 5.74) is 1.51. The molecule has 4 heteroatoms. The van der Waals surface area contributed by atoms with Crippen LogP contribution in [0.2, 0.25) is 0 Å². The molecule has 0 fully saturated rings. The van der Waals surface area contributed by atoms with Gasteiger partial charge in [0, 0.05) is 11.6 Å². The van der Waals surface area contributed by atoms with Crippen LogP contribution in [0, 0.1) is 0 Å². The van der Waals surface area contributed by atoms with Crippen molar-refractivity contribution in [3.63, 3.8) is 0 Å². The van der Waals surface area contributed by atoms with Gasteiger partial charge in [0.1, 0.15) is 0 Å². The summed E-state index contributed by atoms with van der Waals surface area (Å²) >= 11 is 0. The second-order valence-corrected chi connectivity index (χ2v) is 4.32. The van der Waals surface area contributed by atoms with Crippen LogP contribution in [0.3, 0.4) is 0 Å². The maximum absolute atomic E-state index is 11.5. The Hall–Kier alpha value is -2.62. The predicted octanol–water partition coefficient (Wildman–Crippen LogP) is 2.71. The van der Waals surface area contributed by atoms with E-state index in [0.717, 1.165) is 10.9 Å². The van der Waals surface area contributed by atoms with Gasteiger partial charge in [0.25, 0.3) is 0 Å². The Kier molecular flexibility index (Phi) is 2.76. The van der Waals surface area contributed by atoms with E-state index < -0.39 is 12.0 Å². The third-order valence-electron chi connectivity index (χ3n) is 3.05. The molecule has 0 aliphatic rings. The Morgan fingerprint density at radius 3 is 2.42 bits per heavy atom. The van der Waals surface area contributed by atoms with E-state index in [1.54, 1.807) is 18.3 Å². The van der Waals surface area contributed by atoms with E-state index >= 15 is 0 Å². The molecule has 3 rings (SSSR count). The molecule has 1 heterocycles. The number of carbonyl (C=O) groups is 1. The molecular formula is C15H12N2O2. The van der Waals surface area contributed by atoms with Crippen molar-refractivity contribution < 1.29 is 9.90 Å². The highest BCUT2D eigenvalue weighted by molar-refractivity contribution is 5.80. The topological polar surface area (TPSA) is 55.1 Å². The summed E-state index contributed by atoms with van der Waals surface area (Å²) < 4.78 is 1.50. The summed E-state index contributed by atoms with van der Waals surface area (Å²) in [6, 6.07) is 15.9. The van der Waals surface area contributed by atoms with Crippen molar-refractivity contribution in [1.29, 1.82) is 0 Å². The summed E-state index contributed by atoms with van der Waals surface area (Å²) in [5, 5.41) is 14.7. The highest BCUT2D eigenvalue weighted by atomic mass is 16.4. The fourth-order valence-electron chi connectivity index (χ4n) is 2.16. The van der Waals surface area contributed by atoms with Crippen LogP contribution >= 0.6 is 0 Å². The smallest absolute Gasteiger partial charge is 0.333 e. The van der Waals surface area contributed by atoms with E-state index in [2.05, 4.69) is 5.10 Å². The van der Waals surface area contributed by atoms with Crippen LogP contribution in [0.5, 0.6) is 0 Å². The second kappa shape index (κ2) is 4.57. The van der Waals surface area contributed by atoms with Crippen LogP contribution in [-0.4, -0.2) is 20.9 Å².